The van der Waals surface area contributed by atoms with Crippen LogP contribution in [0.4, 0.5) is 9.52 Å². The molecule has 0 aliphatic rings. The van der Waals surface area contributed by atoms with Gasteiger partial charge in [-0.05, 0) is 35.6 Å². The van der Waals surface area contributed by atoms with Crippen molar-refractivity contribution in [3.8, 4) is 0 Å². The molecule has 0 atom stereocenters. The van der Waals surface area contributed by atoms with Crippen LogP contribution in [0.1, 0.15) is 10.4 Å². The number of halogens is 1. The van der Waals surface area contributed by atoms with Crippen LogP contribution in [-0.2, 0) is 17.8 Å². The molecule has 5 nitrogen and oxygen atoms in total. The van der Waals surface area contributed by atoms with Gasteiger partial charge >= 0.3 is 0 Å². The van der Waals surface area contributed by atoms with E-state index in [2.05, 4.69) is 27.0 Å². The second kappa shape index (κ2) is 9.82. The van der Waals surface area contributed by atoms with Gasteiger partial charge in [0.05, 0.1) is 5.75 Å². The molecule has 0 saturated carbocycles. The number of nitrogens with one attached hydrogen (secondary N) is 1. The lowest BCUT2D eigenvalue weighted by molar-refractivity contribution is -0.127. The molecule has 2 heterocycles. The Balaban J connectivity index is 1.41. The van der Waals surface area contributed by atoms with Gasteiger partial charge in [-0.3, -0.25) is 4.79 Å². The molecule has 2 aromatic heterocycles. The minimum Gasteiger partial charge on any atom is -0.360 e. The summed E-state index contributed by atoms with van der Waals surface area (Å²) >= 11 is 4.55. The molecular weight excluding hydrogens is 403 g/mol. The first-order valence-electron chi connectivity index (χ1n) is 8.31. The third kappa shape index (κ3) is 6.30. The number of rotatable bonds is 9. The average molecular weight is 423 g/mol. The number of thioether (sulfide) groups is 1. The highest BCUT2D eigenvalue weighted by Gasteiger charge is 2.12. The fourth-order valence-electron chi connectivity index (χ4n) is 2.32. The Hall–Kier alpha value is -1.97. The van der Waals surface area contributed by atoms with Crippen LogP contribution in [0.3, 0.4) is 0 Å². The summed E-state index contributed by atoms with van der Waals surface area (Å²) in [6.45, 7) is 1.18. The molecule has 1 amide bonds. The third-order valence-corrected chi connectivity index (χ3v) is 6.62. The van der Waals surface area contributed by atoms with Crippen molar-refractivity contribution < 1.29 is 9.18 Å². The SMILES string of the molecule is CN(Cc1cccc(F)c1)C(=O)CSc1nnc(NCCc2cccs2)s1. The van der Waals surface area contributed by atoms with Crippen LogP contribution in [-0.4, -0.2) is 40.3 Å². The highest BCUT2D eigenvalue weighted by atomic mass is 32.2. The summed E-state index contributed by atoms with van der Waals surface area (Å²) in [5.41, 5.74) is 0.768. The standard InChI is InChI=1S/C18H19FN4OS3/c1-23(11-13-4-2-5-14(19)10-13)16(24)12-26-18-22-21-17(27-18)20-8-7-15-6-3-9-25-15/h2-6,9-10H,7-8,11-12H2,1H3,(H,20,21). The number of amides is 1. The first-order chi connectivity index (χ1) is 13.1. The second-order valence-electron chi connectivity index (χ2n) is 5.80. The van der Waals surface area contributed by atoms with E-state index in [0.717, 1.165) is 28.0 Å². The fraction of sp³-hybridized carbons (Fsp3) is 0.278. The molecule has 27 heavy (non-hydrogen) atoms. The maximum Gasteiger partial charge on any atom is 0.233 e. The van der Waals surface area contributed by atoms with Crippen molar-refractivity contribution in [1.29, 1.82) is 0 Å². The molecule has 3 aromatic rings. The number of thiophene rings is 1. The van der Waals surface area contributed by atoms with Crippen LogP contribution >= 0.6 is 34.4 Å². The normalized spacial score (nSPS) is 10.7. The van der Waals surface area contributed by atoms with Crippen LogP contribution in [0.2, 0.25) is 0 Å². The lowest BCUT2D eigenvalue weighted by Gasteiger charge is -2.16. The number of carbonyl (C=O) groups is 1. The van der Waals surface area contributed by atoms with Gasteiger partial charge in [0, 0.05) is 25.0 Å². The van der Waals surface area contributed by atoms with Gasteiger partial charge in [0.1, 0.15) is 5.82 Å². The van der Waals surface area contributed by atoms with Crippen molar-refractivity contribution in [2.75, 3.05) is 24.7 Å². The molecule has 3 rings (SSSR count). The van der Waals surface area contributed by atoms with Crippen LogP contribution in [0.15, 0.2) is 46.1 Å². The molecule has 0 bridgehead atoms. The van der Waals surface area contributed by atoms with Crippen molar-refractivity contribution in [2.24, 2.45) is 0 Å². The Morgan fingerprint density at radius 3 is 2.96 bits per heavy atom. The van der Waals surface area contributed by atoms with Crippen LogP contribution in [0.25, 0.3) is 0 Å². The Morgan fingerprint density at radius 2 is 2.19 bits per heavy atom. The second-order valence-corrected chi connectivity index (χ2v) is 9.03. The average Bonchev–Trinajstić information content (AvgIpc) is 3.32. The lowest BCUT2D eigenvalue weighted by atomic mass is 10.2. The van der Waals surface area contributed by atoms with E-state index >= 15 is 0 Å². The first-order valence-corrected chi connectivity index (χ1v) is 11.0. The predicted molar refractivity (Wildman–Crippen MR) is 110 cm³/mol. The summed E-state index contributed by atoms with van der Waals surface area (Å²) in [6, 6.07) is 10.4. The van der Waals surface area contributed by atoms with Crippen molar-refractivity contribution in [1.82, 2.24) is 15.1 Å². The molecule has 0 saturated heterocycles. The Morgan fingerprint density at radius 1 is 1.30 bits per heavy atom. The van der Waals surface area contributed by atoms with Crippen LogP contribution in [0, 0.1) is 5.82 Å². The zero-order valence-electron chi connectivity index (χ0n) is 14.7. The van der Waals surface area contributed by atoms with Gasteiger partial charge in [-0.15, -0.1) is 21.5 Å². The van der Waals surface area contributed by atoms with Gasteiger partial charge in [-0.1, -0.05) is 41.3 Å². The van der Waals surface area contributed by atoms with E-state index in [4.69, 9.17) is 0 Å². The lowest BCUT2D eigenvalue weighted by Crippen LogP contribution is -2.27. The third-order valence-electron chi connectivity index (χ3n) is 3.69. The highest BCUT2D eigenvalue weighted by Crippen LogP contribution is 2.25. The number of anilines is 1. The molecule has 1 N–H and O–H groups in total. The molecule has 0 aliphatic heterocycles. The summed E-state index contributed by atoms with van der Waals surface area (Å²) < 4.78 is 14.0. The van der Waals surface area contributed by atoms with Crippen molar-refractivity contribution in [3.05, 3.63) is 58.0 Å². The summed E-state index contributed by atoms with van der Waals surface area (Å²) in [4.78, 5) is 15.2. The Labute approximate surface area is 169 Å². The molecular formula is C18H19FN4OS3. The zero-order chi connectivity index (χ0) is 19.1. The topological polar surface area (TPSA) is 58.1 Å². The monoisotopic (exact) mass is 422 g/mol. The molecule has 0 aliphatic carbocycles. The van der Waals surface area contributed by atoms with Gasteiger partial charge in [-0.25, -0.2) is 4.39 Å². The number of hydrogen-bond acceptors (Lipinski definition) is 7. The molecule has 0 unspecified atom stereocenters. The van der Waals surface area contributed by atoms with Gasteiger partial charge in [0.2, 0.25) is 11.0 Å². The van der Waals surface area contributed by atoms with Crippen LogP contribution in [0.5, 0.6) is 0 Å². The minimum atomic E-state index is -0.296. The van der Waals surface area contributed by atoms with Gasteiger partial charge in [-0.2, -0.15) is 0 Å². The first kappa shape index (κ1) is 19.8. The zero-order valence-corrected chi connectivity index (χ0v) is 17.2. The smallest absolute Gasteiger partial charge is 0.233 e. The van der Waals surface area contributed by atoms with E-state index in [0.29, 0.717) is 6.54 Å². The van der Waals surface area contributed by atoms with Crippen molar-refractivity contribution in [2.45, 2.75) is 17.3 Å². The molecule has 142 valence electrons. The highest BCUT2D eigenvalue weighted by molar-refractivity contribution is 8.01. The van der Waals surface area contributed by atoms with Crippen LogP contribution < -0.4 is 5.32 Å². The van der Waals surface area contributed by atoms with E-state index in [1.165, 1.54) is 40.1 Å². The maximum atomic E-state index is 13.2. The van der Waals surface area contributed by atoms with E-state index in [1.54, 1.807) is 35.4 Å². The van der Waals surface area contributed by atoms with Crippen molar-refractivity contribution >= 4 is 45.5 Å². The number of carbonyl (C=O) groups excluding carboxylic acids is 1. The summed E-state index contributed by atoms with van der Waals surface area (Å²) in [7, 11) is 1.71. The van der Waals surface area contributed by atoms with E-state index in [9.17, 15) is 9.18 Å². The molecule has 9 heteroatoms. The number of hydrogen-bond donors (Lipinski definition) is 1. The van der Waals surface area contributed by atoms with E-state index < -0.39 is 0 Å². The summed E-state index contributed by atoms with van der Waals surface area (Å²) in [5.74, 6) is -0.0577. The van der Waals surface area contributed by atoms with E-state index in [1.807, 2.05) is 6.07 Å². The number of nitrogens with zero attached hydrogens (tertiary/aromatic N) is 3. The molecule has 0 fully saturated rings. The molecule has 1 aromatic carbocycles. The van der Waals surface area contributed by atoms with E-state index in [-0.39, 0.29) is 17.5 Å². The predicted octanol–water partition coefficient (Wildman–Crippen LogP) is 4.14. The Bertz CT molecular complexity index is 869. The largest absolute Gasteiger partial charge is 0.360 e. The Kier molecular flexibility index (Phi) is 7.19. The number of benzene rings is 1. The maximum absolute atomic E-state index is 13.2. The number of aromatic nitrogens is 2. The van der Waals surface area contributed by atoms with Crippen molar-refractivity contribution in [3.63, 3.8) is 0 Å². The summed E-state index contributed by atoms with van der Waals surface area (Å²) in [6.07, 6.45) is 0.948. The summed E-state index contributed by atoms with van der Waals surface area (Å²) in [5, 5.41) is 14.3. The van der Waals surface area contributed by atoms with Gasteiger partial charge in [0.15, 0.2) is 4.34 Å². The molecule has 0 spiro atoms. The quantitative estimate of drug-likeness (QED) is 0.525. The van der Waals surface area contributed by atoms with Gasteiger partial charge < -0.3 is 10.2 Å². The van der Waals surface area contributed by atoms with Gasteiger partial charge in [0.25, 0.3) is 0 Å². The molecule has 0 radical (unpaired) electrons. The fourth-order valence-corrected chi connectivity index (χ4v) is 4.75. The minimum absolute atomic E-state index is 0.0355.